The van der Waals surface area contributed by atoms with E-state index in [1.165, 1.54) is 0 Å². The molecule has 4 nitrogen and oxygen atoms in total. The summed E-state index contributed by atoms with van der Waals surface area (Å²) in [6, 6.07) is 8.18. The summed E-state index contributed by atoms with van der Waals surface area (Å²) in [4.78, 5) is 13.5. The molecule has 1 atom stereocenters. The van der Waals surface area contributed by atoms with Crippen LogP contribution in [0.15, 0.2) is 24.3 Å². The summed E-state index contributed by atoms with van der Waals surface area (Å²) in [6.45, 7) is 7.86. The first-order valence-electron chi connectivity index (χ1n) is 7.33. The Morgan fingerprint density at radius 2 is 2.00 bits per heavy atom. The molecule has 4 heteroatoms. The monoisotopic (exact) mass is 278 g/mol. The Hall–Kier alpha value is -1.55. The Balaban J connectivity index is 2.77. The van der Waals surface area contributed by atoms with Gasteiger partial charge in [-0.15, -0.1) is 0 Å². The van der Waals surface area contributed by atoms with Gasteiger partial charge in [-0.1, -0.05) is 32.0 Å². The number of para-hydroxylation sites is 1. The molecule has 0 aliphatic rings. The van der Waals surface area contributed by atoms with Gasteiger partial charge in [0, 0.05) is 25.2 Å². The van der Waals surface area contributed by atoms with Gasteiger partial charge in [-0.25, -0.2) is 0 Å². The van der Waals surface area contributed by atoms with E-state index in [1.54, 1.807) is 11.9 Å². The van der Waals surface area contributed by atoms with Crippen molar-refractivity contribution < 1.29 is 9.53 Å². The van der Waals surface area contributed by atoms with Crippen LogP contribution in [0.1, 0.15) is 38.8 Å². The average Bonchev–Trinajstić information content (AvgIpc) is 2.49. The van der Waals surface area contributed by atoms with Crippen molar-refractivity contribution in [2.24, 2.45) is 0 Å². The van der Waals surface area contributed by atoms with Crippen molar-refractivity contribution in [3.8, 4) is 5.75 Å². The minimum atomic E-state index is -0.00111. The fourth-order valence-electron chi connectivity index (χ4n) is 2.05. The van der Waals surface area contributed by atoms with E-state index in [-0.39, 0.29) is 18.6 Å². The van der Waals surface area contributed by atoms with E-state index in [2.05, 4.69) is 25.2 Å². The lowest BCUT2D eigenvalue weighted by molar-refractivity contribution is -0.131. The lowest BCUT2D eigenvalue weighted by Crippen LogP contribution is -2.31. The summed E-state index contributed by atoms with van der Waals surface area (Å²) >= 11 is 0. The molecule has 0 aromatic heterocycles. The number of rotatable bonds is 8. The number of benzene rings is 1. The number of ether oxygens (including phenoxy) is 1. The van der Waals surface area contributed by atoms with Gasteiger partial charge in [-0.3, -0.25) is 4.79 Å². The maximum absolute atomic E-state index is 11.8. The molecule has 1 rings (SSSR count). The number of nitrogens with zero attached hydrogens (tertiary/aromatic N) is 1. The van der Waals surface area contributed by atoms with Crippen molar-refractivity contribution in [2.75, 3.05) is 26.7 Å². The van der Waals surface area contributed by atoms with Gasteiger partial charge in [0.15, 0.2) is 6.61 Å². The maximum atomic E-state index is 11.8. The summed E-state index contributed by atoms with van der Waals surface area (Å²) in [6.07, 6.45) is 0.983. The molecule has 1 N–H and O–H groups in total. The van der Waals surface area contributed by atoms with Crippen LogP contribution in [0.25, 0.3) is 0 Å². The SMILES string of the molecule is CCNC(CC)c1ccccc1OCC(=O)N(C)CC. The van der Waals surface area contributed by atoms with Gasteiger partial charge in [-0.05, 0) is 26.0 Å². The van der Waals surface area contributed by atoms with E-state index in [1.807, 2.05) is 25.1 Å². The van der Waals surface area contributed by atoms with Crippen LogP contribution in [-0.4, -0.2) is 37.6 Å². The second-order valence-electron chi connectivity index (χ2n) is 4.75. The number of hydrogen-bond donors (Lipinski definition) is 1. The van der Waals surface area contributed by atoms with Crippen LogP contribution in [0.5, 0.6) is 5.75 Å². The van der Waals surface area contributed by atoms with E-state index >= 15 is 0 Å². The normalized spacial score (nSPS) is 12.0. The molecule has 1 amide bonds. The van der Waals surface area contributed by atoms with Crippen molar-refractivity contribution in [1.82, 2.24) is 10.2 Å². The number of carbonyl (C=O) groups excluding carboxylic acids is 1. The van der Waals surface area contributed by atoms with Crippen LogP contribution in [0.3, 0.4) is 0 Å². The van der Waals surface area contributed by atoms with Crippen molar-refractivity contribution in [1.29, 1.82) is 0 Å². The van der Waals surface area contributed by atoms with Gasteiger partial charge in [0.25, 0.3) is 5.91 Å². The first kappa shape index (κ1) is 16.5. The number of likely N-dealkylation sites (N-methyl/N-ethyl adjacent to an activating group) is 1. The zero-order valence-corrected chi connectivity index (χ0v) is 13.0. The predicted octanol–water partition coefficient (Wildman–Crippen LogP) is 2.60. The first-order valence-corrected chi connectivity index (χ1v) is 7.33. The van der Waals surface area contributed by atoms with Crippen molar-refractivity contribution in [3.05, 3.63) is 29.8 Å². The van der Waals surface area contributed by atoms with Gasteiger partial charge in [0.1, 0.15) is 5.75 Å². The first-order chi connectivity index (χ1) is 9.63. The summed E-state index contributed by atoms with van der Waals surface area (Å²) in [5, 5.41) is 3.44. The van der Waals surface area contributed by atoms with Gasteiger partial charge in [-0.2, -0.15) is 0 Å². The molecule has 0 saturated heterocycles. The van der Waals surface area contributed by atoms with Crippen LogP contribution >= 0.6 is 0 Å². The Bertz CT molecular complexity index is 421. The highest BCUT2D eigenvalue weighted by Gasteiger charge is 2.14. The Morgan fingerprint density at radius 3 is 2.60 bits per heavy atom. The molecule has 1 aromatic carbocycles. The summed E-state index contributed by atoms with van der Waals surface area (Å²) < 4.78 is 5.72. The van der Waals surface area contributed by atoms with Crippen LogP contribution in [0, 0.1) is 0 Å². The predicted molar refractivity (Wildman–Crippen MR) is 82.0 cm³/mol. The highest BCUT2D eigenvalue weighted by atomic mass is 16.5. The topological polar surface area (TPSA) is 41.6 Å². The van der Waals surface area contributed by atoms with E-state index in [4.69, 9.17) is 4.74 Å². The zero-order chi connectivity index (χ0) is 15.0. The lowest BCUT2D eigenvalue weighted by Gasteiger charge is -2.21. The summed E-state index contributed by atoms with van der Waals surface area (Å²) in [5.41, 5.74) is 1.11. The third kappa shape index (κ3) is 4.53. The Morgan fingerprint density at radius 1 is 1.30 bits per heavy atom. The average molecular weight is 278 g/mol. The van der Waals surface area contributed by atoms with Gasteiger partial charge in [0.05, 0.1) is 0 Å². The van der Waals surface area contributed by atoms with Crippen LogP contribution in [0.2, 0.25) is 0 Å². The van der Waals surface area contributed by atoms with E-state index in [9.17, 15) is 4.79 Å². The molecule has 0 heterocycles. The smallest absolute Gasteiger partial charge is 0.260 e. The Labute approximate surface area is 122 Å². The Kier molecular flexibility index (Phi) is 7.09. The molecular weight excluding hydrogens is 252 g/mol. The molecule has 0 radical (unpaired) electrons. The minimum Gasteiger partial charge on any atom is -0.483 e. The van der Waals surface area contributed by atoms with E-state index < -0.39 is 0 Å². The molecule has 1 unspecified atom stereocenters. The highest BCUT2D eigenvalue weighted by Crippen LogP contribution is 2.27. The summed E-state index contributed by atoms with van der Waals surface area (Å²) in [5.74, 6) is 0.789. The molecule has 0 bridgehead atoms. The molecule has 0 spiro atoms. The van der Waals surface area contributed by atoms with Gasteiger partial charge >= 0.3 is 0 Å². The minimum absolute atomic E-state index is 0.00111. The van der Waals surface area contributed by atoms with Crippen molar-refractivity contribution in [3.63, 3.8) is 0 Å². The molecular formula is C16H26N2O2. The fourth-order valence-corrected chi connectivity index (χ4v) is 2.05. The van der Waals surface area contributed by atoms with Crippen LogP contribution < -0.4 is 10.1 Å². The number of amides is 1. The number of hydrogen-bond acceptors (Lipinski definition) is 3. The number of nitrogens with one attached hydrogen (secondary N) is 1. The molecule has 112 valence electrons. The van der Waals surface area contributed by atoms with E-state index in [0.29, 0.717) is 6.54 Å². The molecule has 0 aliphatic carbocycles. The maximum Gasteiger partial charge on any atom is 0.260 e. The third-order valence-electron chi connectivity index (χ3n) is 3.40. The highest BCUT2D eigenvalue weighted by molar-refractivity contribution is 5.77. The van der Waals surface area contributed by atoms with Crippen LogP contribution in [0.4, 0.5) is 0 Å². The second kappa shape index (κ2) is 8.59. The lowest BCUT2D eigenvalue weighted by atomic mass is 10.0. The molecule has 20 heavy (non-hydrogen) atoms. The van der Waals surface area contributed by atoms with Crippen molar-refractivity contribution >= 4 is 5.91 Å². The standard InChI is InChI=1S/C16H26N2O2/c1-5-14(17-6-2)13-10-8-9-11-15(13)20-12-16(19)18(4)7-3/h8-11,14,17H,5-7,12H2,1-4H3. The van der Waals surface area contributed by atoms with E-state index in [0.717, 1.165) is 24.3 Å². The molecule has 0 saturated carbocycles. The molecule has 0 fully saturated rings. The quantitative estimate of drug-likeness (QED) is 0.794. The summed E-state index contributed by atoms with van der Waals surface area (Å²) in [7, 11) is 1.78. The molecule has 1 aromatic rings. The van der Waals surface area contributed by atoms with Gasteiger partial charge < -0.3 is 15.0 Å². The number of carbonyl (C=O) groups is 1. The fraction of sp³-hybridized carbons (Fsp3) is 0.562. The largest absolute Gasteiger partial charge is 0.483 e. The van der Waals surface area contributed by atoms with Gasteiger partial charge in [0.2, 0.25) is 0 Å². The molecule has 0 aliphatic heterocycles. The zero-order valence-electron chi connectivity index (χ0n) is 13.0. The second-order valence-corrected chi connectivity index (χ2v) is 4.75. The van der Waals surface area contributed by atoms with Crippen LogP contribution in [-0.2, 0) is 4.79 Å². The third-order valence-corrected chi connectivity index (χ3v) is 3.40. The van der Waals surface area contributed by atoms with Crippen molar-refractivity contribution in [2.45, 2.75) is 33.2 Å².